The minimum atomic E-state index is -0.220. The van der Waals surface area contributed by atoms with E-state index in [-0.39, 0.29) is 5.91 Å². The van der Waals surface area contributed by atoms with Gasteiger partial charge in [0.2, 0.25) is 0 Å². The van der Waals surface area contributed by atoms with E-state index in [1.807, 2.05) is 13.0 Å². The lowest BCUT2D eigenvalue weighted by molar-refractivity contribution is 0.102. The molecule has 0 fully saturated rings. The van der Waals surface area contributed by atoms with Gasteiger partial charge in [0.1, 0.15) is 17.2 Å². The lowest BCUT2D eigenvalue weighted by atomic mass is 10.2. The number of rotatable bonds is 7. The van der Waals surface area contributed by atoms with Gasteiger partial charge < -0.3 is 19.5 Å². The van der Waals surface area contributed by atoms with Crippen LogP contribution < -0.4 is 19.5 Å². The van der Waals surface area contributed by atoms with E-state index in [1.165, 1.54) is 0 Å². The summed E-state index contributed by atoms with van der Waals surface area (Å²) in [6.07, 6.45) is 0.917. The van der Waals surface area contributed by atoms with Crippen molar-refractivity contribution in [3.05, 3.63) is 48.0 Å². The minimum Gasteiger partial charge on any atom is -0.497 e. The van der Waals surface area contributed by atoms with Gasteiger partial charge in [0.05, 0.1) is 20.8 Å². The van der Waals surface area contributed by atoms with Gasteiger partial charge in [-0.1, -0.05) is 13.0 Å². The summed E-state index contributed by atoms with van der Waals surface area (Å²) in [6, 6.07) is 12.3. The molecular weight excluding hydrogens is 294 g/mol. The fourth-order valence-corrected chi connectivity index (χ4v) is 2.03. The number of anilines is 1. The molecule has 0 heterocycles. The second-order valence-corrected chi connectivity index (χ2v) is 4.93. The molecule has 1 amide bonds. The lowest BCUT2D eigenvalue weighted by Gasteiger charge is -2.11. The standard InChI is InChI=1S/C18H21NO4/c1-4-8-23-15-7-5-6-13(9-15)18(20)19-14-10-16(21-2)12-17(11-14)22-3/h5-7,9-12H,4,8H2,1-3H3,(H,19,20). The summed E-state index contributed by atoms with van der Waals surface area (Å²) in [4.78, 5) is 12.4. The normalized spacial score (nSPS) is 10.0. The van der Waals surface area contributed by atoms with Crippen LogP contribution in [0.2, 0.25) is 0 Å². The Balaban J connectivity index is 2.15. The van der Waals surface area contributed by atoms with E-state index in [1.54, 1.807) is 50.6 Å². The van der Waals surface area contributed by atoms with Crippen molar-refractivity contribution in [3.8, 4) is 17.2 Å². The van der Waals surface area contributed by atoms with Crippen molar-refractivity contribution < 1.29 is 19.0 Å². The molecule has 0 saturated heterocycles. The summed E-state index contributed by atoms with van der Waals surface area (Å²) < 4.78 is 15.9. The van der Waals surface area contributed by atoms with Gasteiger partial charge in [-0.2, -0.15) is 0 Å². The van der Waals surface area contributed by atoms with E-state index in [0.717, 1.165) is 6.42 Å². The molecule has 0 unspecified atom stereocenters. The predicted octanol–water partition coefficient (Wildman–Crippen LogP) is 3.74. The maximum absolute atomic E-state index is 12.4. The van der Waals surface area contributed by atoms with Gasteiger partial charge in [-0.15, -0.1) is 0 Å². The summed E-state index contributed by atoms with van der Waals surface area (Å²) >= 11 is 0. The highest BCUT2D eigenvalue weighted by Gasteiger charge is 2.09. The fraction of sp³-hybridized carbons (Fsp3) is 0.278. The van der Waals surface area contributed by atoms with E-state index in [0.29, 0.717) is 35.1 Å². The van der Waals surface area contributed by atoms with Crippen LogP contribution in [0.1, 0.15) is 23.7 Å². The van der Waals surface area contributed by atoms with Crippen LogP contribution in [0.5, 0.6) is 17.2 Å². The van der Waals surface area contributed by atoms with E-state index in [2.05, 4.69) is 5.32 Å². The molecule has 0 spiro atoms. The molecule has 0 bridgehead atoms. The first-order valence-corrected chi connectivity index (χ1v) is 7.43. The number of amides is 1. The Kier molecular flexibility index (Phi) is 5.86. The summed E-state index contributed by atoms with van der Waals surface area (Å²) in [5.74, 6) is 1.68. The van der Waals surface area contributed by atoms with Gasteiger partial charge >= 0.3 is 0 Å². The van der Waals surface area contributed by atoms with E-state index in [9.17, 15) is 4.79 Å². The molecule has 5 heteroatoms. The molecule has 2 rings (SSSR count). The number of hydrogen-bond acceptors (Lipinski definition) is 4. The van der Waals surface area contributed by atoms with Gasteiger partial charge in [0.15, 0.2) is 0 Å². The van der Waals surface area contributed by atoms with Crippen molar-refractivity contribution in [1.29, 1.82) is 0 Å². The summed E-state index contributed by atoms with van der Waals surface area (Å²) in [6.45, 7) is 2.66. The van der Waals surface area contributed by atoms with Crippen LogP contribution in [0.25, 0.3) is 0 Å². The van der Waals surface area contributed by atoms with Crippen molar-refractivity contribution >= 4 is 11.6 Å². The predicted molar refractivity (Wildman–Crippen MR) is 89.7 cm³/mol. The molecule has 122 valence electrons. The van der Waals surface area contributed by atoms with Crippen LogP contribution in [0, 0.1) is 0 Å². The van der Waals surface area contributed by atoms with Crippen LogP contribution >= 0.6 is 0 Å². The minimum absolute atomic E-state index is 0.220. The molecule has 0 saturated carbocycles. The van der Waals surface area contributed by atoms with Gasteiger partial charge in [-0.3, -0.25) is 4.79 Å². The Morgan fingerprint density at radius 3 is 2.30 bits per heavy atom. The van der Waals surface area contributed by atoms with E-state index in [4.69, 9.17) is 14.2 Å². The third-order valence-corrected chi connectivity index (χ3v) is 3.18. The Morgan fingerprint density at radius 1 is 1.00 bits per heavy atom. The van der Waals surface area contributed by atoms with E-state index < -0.39 is 0 Å². The van der Waals surface area contributed by atoms with Crippen LogP contribution in [0.4, 0.5) is 5.69 Å². The largest absolute Gasteiger partial charge is 0.497 e. The molecular formula is C18H21NO4. The van der Waals surface area contributed by atoms with Gasteiger partial charge in [-0.05, 0) is 24.6 Å². The maximum atomic E-state index is 12.4. The topological polar surface area (TPSA) is 56.8 Å². The monoisotopic (exact) mass is 315 g/mol. The Bertz CT molecular complexity index is 648. The number of methoxy groups -OCH3 is 2. The summed E-state index contributed by atoms with van der Waals surface area (Å²) in [5, 5.41) is 2.84. The average molecular weight is 315 g/mol. The second-order valence-electron chi connectivity index (χ2n) is 4.93. The SMILES string of the molecule is CCCOc1cccc(C(=O)Nc2cc(OC)cc(OC)c2)c1. The zero-order chi connectivity index (χ0) is 16.7. The number of ether oxygens (including phenoxy) is 3. The van der Waals surface area contributed by atoms with Crippen molar-refractivity contribution in [2.24, 2.45) is 0 Å². The number of carbonyl (C=O) groups is 1. The Morgan fingerprint density at radius 2 is 1.70 bits per heavy atom. The highest BCUT2D eigenvalue weighted by Crippen LogP contribution is 2.26. The quantitative estimate of drug-likeness (QED) is 0.845. The first-order chi connectivity index (χ1) is 11.2. The molecule has 0 aromatic heterocycles. The number of carbonyl (C=O) groups excluding carboxylic acids is 1. The van der Waals surface area contributed by atoms with Crippen molar-refractivity contribution in [2.75, 3.05) is 26.1 Å². The summed E-state index contributed by atoms with van der Waals surface area (Å²) in [5.41, 5.74) is 1.13. The van der Waals surface area contributed by atoms with Crippen molar-refractivity contribution in [1.82, 2.24) is 0 Å². The van der Waals surface area contributed by atoms with E-state index >= 15 is 0 Å². The van der Waals surface area contributed by atoms with Crippen molar-refractivity contribution in [2.45, 2.75) is 13.3 Å². The van der Waals surface area contributed by atoms with Crippen LogP contribution in [0.3, 0.4) is 0 Å². The second kappa shape index (κ2) is 8.08. The molecule has 0 aliphatic heterocycles. The first kappa shape index (κ1) is 16.7. The molecule has 23 heavy (non-hydrogen) atoms. The highest BCUT2D eigenvalue weighted by atomic mass is 16.5. The first-order valence-electron chi connectivity index (χ1n) is 7.43. The molecule has 0 aliphatic rings. The smallest absolute Gasteiger partial charge is 0.255 e. The molecule has 2 aromatic rings. The van der Waals surface area contributed by atoms with Crippen molar-refractivity contribution in [3.63, 3.8) is 0 Å². The number of hydrogen-bond donors (Lipinski definition) is 1. The number of nitrogens with one attached hydrogen (secondary N) is 1. The van der Waals surface area contributed by atoms with Crippen LogP contribution in [0.15, 0.2) is 42.5 Å². The third-order valence-electron chi connectivity index (χ3n) is 3.18. The third kappa shape index (κ3) is 4.64. The van der Waals surface area contributed by atoms with Gasteiger partial charge in [-0.25, -0.2) is 0 Å². The van der Waals surface area contributed by atoms with Gasteiger partial charge in [0, 0.05) is 29.4 Å². The zero-order valence-corrected chi connectivity index (χ0v) is 13.6. The average Bonchev–Trinajstić information content (AvgIpc) is 2.59. The Hall–Kier alpha value is -2.69. The zero-order valence-electron chi connectivity index (χ0n) is 13.6. The molecule has 0 radical (unpaired) electrons. The Labute approximate surface area is 136 Å². The maximum Gasteiger partial charge on any atom is 0.255 e. The molecule has 5 nitrogen and oxygen atoms in total. The molecule has 0 atom stereocenters. The summed E-state index contributed by atoms with van der Waals surface area (Å²) in [7, 11) is 3.13. The molecule has 0 aliphatic carbocycles. The number of benzene rings is 2. The molecule has 1 N–H and O–H groups in total. The lowest BCUT2D eigenvalue weighted by Crippen LogP contribution is -2.12. The highest BCUT2D eigenvalue weighted by molar-refractivity contribution is 6.04. The van der Waals surface area contributed by atoms with Gasteiger partial charge in [0.25, 0.3) is 5.91 Å². The molecule has 2 aromatic carbocycles. The fourth-order valence-electron chi connectivity index (χ4n) is 2.03. The van der Waals surface area contributed by atoms with Crippen LogP contribution in [-0.4, -0.2) is 26.7 Å². The van der Waals surface area contributed by atoms with Crippen LogP contribution in [-0.2, 0) is 0 Å².